The summed E-state index contributed by atoms with van der Waals surface area (Å²) < 4.78 is 1.20. The predicted molar refractivity (Wildman–Crippen MR) is 68.5 cm³/mol. The van der Waals surface area contributed by atoms with Crippen molar-refractivity contribution in [3.05, 3.63) is 38.5 Å². The molecule has 1 rings (SSSR count). The lowest BCUT2D eigenvalue weighted by Crippen LogP contribution is -1.88. The van der Waals surface area contributed by atoms with Gasteiger partial charge in [0, 0.05) is 3.57 Å². The first kappa shape index (κ1) is 11.7. The lowest BCUT2D eigenvalue weighted by Gasteiger charge is -2.05. The minimum absolute atomic E-state index is 0.442. The Balaban J connectivity index is 3.15. The van der Waals surface area contributed by atoms with Crippen LogP contribution in [0.25, 0.3) is 6.08 Å². The lowest BCUT2D eigenvalue weighted by molar-refractivity contribution is -0.107. The highest BCUT2D eigenvalue weighted by molar-refractivity contribution is 14.1. The van der Waals surface area contributed by atoms with E-state index in [4.69, 9.17) is 11.6 Å². The van der Waals surface area contributed by atoms with Crippen molar-refractivity contribution >= 4 is 45.5 Å². The number of hydrogen-bond donors (Lipinski definition) is 0. The standard InChI is InChI=1S/C11H10ClIO/c1-7-5-9(13)6-8(2)10(7)3-4-11(12)14/h3-6H,1-2H3. The Bertz CT molecular complexity index is 373. The van der Waals surface area contributed by atoms with Gasteiger partial charge in [-0.3, -0.25) is 4.79 Å². The summed E-state index contributed by atoms with van der Waals surface area (Å²) in [6, 6.07) is 4.15. The third kappa shape index (κ3) is 3.10. The Morgan fingerprint density at radius 2 is 1.86 bits per heavy atom. The van der Waals surface area contributed by atoms with Gasteiger partial charge < -0.3 is 0 Å². The smallest absolute Gasteiger partial charge is 0.245 e. The Hall–Kier alpha value is -0.350. The van der Waals surface area contributed by atoms with E-state index in [9.17, 15) is 4.79 Å². The molecule has 1 aromatic rings. The third-order valence-corrected chi connectivity index (χ3v) is 2.69. The van der Waals surface area contributed by atoms with Gasteiger partial charge in [0.15, 0.2) is 0 Å². The number of benzene rings is 1. The summed E-state index contributed by atoms with van der Waals surface area (Å²) in [6.07, 6.45) is 3.14. The van der Waals surface area contributed by atoms with Gasteiger partial charge in [-0.25, -0.2) is 0 Å². The number of allylic oxidation sites excluding steroid dienone is 1. The molecule has 0 aromatic heterocycles. The topological polar surface area (TPSA) is 17.1 Å². The number of hydrogen-bond acceptors (Lipinski definition) is 1. The molecule has 0 saturated heterocycles. The van der Waals surface area contributed by atoms with Crippen molar-refractivity contribution in [2.24, 2.45) is 0 Å². The van der Waals surface area contributed by atoms with Crippen molar-refractivity contribution in [1.29, 1.82) is 0 Å². The first-order valence-electron chi connectivity index (χ1n) is 4.15. The van der Waals surface area contributed by atoms with E-state index in [0.29, 0.717) is 0 Å². The molecule has 0 saturated carbocycles. The highest BCUT2D eigenvalue weighted by Crippen LogP contribution is 2.19. The van der Waals surface area contributed by atoms with Crippen LogP contribution in [-0.4, -0.2) is 5.24 Å². The lowest BCUT2D eigenvalue weighted by atomic mass is 10.0. The van der Waals surface area contributed by atoms with E-state index in [1.165, 1.54) is 9.65 Å². The van der Waals surface area contributed by atoms with Gasteiger partial charge in [-0.2, -0.15) is 0 Å². The second-order valence-electron chi connectivity index (χ2n) is 3.09. The molecule has 0 aliphatic carbocycles. The van der Waals surface area contributed by atoms with Gasteiger partial charge >= 0.3 is 0 Å². The molecule has 0 bridgehead atoms. The zero-order valence-corrected chi connectivity index (χ0v) is 10.9. The average molecular weight is 321 g/mol. The fourth-order valence-electron chi connectivity index (χ4n) is 1.33. The fraction of sp³-hybridized carbons (Fsp3) is 0.182. The van der Waals surface area contributed by atoms with Crippen LogP contribution in [-0.2, 0) is 4.79 Å². The van der Waals surface area contributed by atoms with Crippen molar-refractivity contribution in [2.75, 3.05) is 0 Å². The van der Waals surface area contributed by atoms with E-state index in [1.807, 2.05) is 13.8 Å². The van der Waals surface area contributed by atoms with Crippen LogP contribution >= 0.6 is 34.2 Å². The predicted octanol–water partition coefficient (Wildman–Crippen LogP) is 3.69. The molecular formula is C11H10ClIO. The van der Waals surface area contributed by atoms with E-state index in [2.05, 4.69) is 34.7 Å². The van der Waals surface area contributed by atoms with Crippen LogP contribution in [0.5, 0.6) is 0 Å². The highest BCUT2D eigenvalue weighted by Gasteiger charge is 2.01. The number of aryl methyl sites for hydroxylation is 2. The number of rotatable bonds is 2. The molecule has 0 aliphatic heterocycles. The summed E-state index contributed by atoms with van der Waals surface area (Å²) in [4.78, 5) is 10.6. The molecule has 3 heteroatoms. The second-order valence-corrected chi connectivity index (χ2v) is 4.71. The van der Waals surface area contributed by atoms with Gasteiger partial charge in [0.1, 0.15) is 0 Å². The number of carbonyl (C=O) groups is 1. The number of halogens is 2. The van der Waals surface area contributed by atoms with Crippen LogP contribution in [0.1, 0.15) is 16.7 Å². The van der Waals surface area contributed by atoms with E-state index < -0.39 is 5.24 Å². The monoisotopic (exact) mass is 320 g/mol. The average Bonchev–Trinajstić information content (AvgIpc) is 2.01. The van der Waals surface area contributed by atoms with Gasteiger partial charge in [-0.1, -0.05) is 0 Å². The Morgan fingerprint density at radius 3 is 2.29 bits per heavy atom. The van der Waals surface area contributed by atoms with E-state index in [-0.39, 0.29) is 0 Å². The minimum atomic E-state index is -0.442. The van der Waals surface area contributed by atoms with Gasteiger partial charge in [-0.15, -0.1) is 0 Å². The van der Waals surface area contributed by atoms with Crippen molar-refractivity contribution in [1.82, 2.24) is 0 Å². The SMILES string of the molecule is Cc1cc(I)cc(C)c1C=CC(=O)Cl. The molecule has 74 valence electrons. The molecule has 0 radical (unpaired) electrons. The molecule has 0 fully saturated rings. The van der Waals surface area contributed by atoms with Gasteiger partial charge in [-0.05, 0) is 89.0 Å². The van der Waals surface area contributed by atoms with Gasteiger partial charge in [0.25, 0.3) is 0 Å². The van der Waals surface area contributed by atoms with E-state index in [0.717, 1.165) is 16.7 Å². The highest BCUT2D eigenvalue weighted by atomic mass is 127. The maximum absolute atomic E-state index is 10.6. The summed E-state index contributed by atoms with van der Waals surface area (Å²) in [7, 11) is 0. The minimum Gasteiger partial charge on any atom is -0.276 e. The third-order valence-electron chi connectivity index (χ3n) is 1.94. The summed E-state index contributed by atoms with van der Waals surface area (Å²) in [5.41, 5.74) is 3.38. The summed E-state index contributed by atoms with van der Waals surface area (Å²) in [5.74, 6) is 0. The van der Waals surface area contributed by atoms with E-state index in [1.54, 1.807) is 6.08 Å². The van der Waals surface area contributed by atoms with Crippen molar-refractivity contribution in [3.63, 3.8) is 0 Å². The molecule has 0 heterocycles. The summed E-state index contributed by atoms with van der Waals surface area (Å²) in [6.45, 7) is 4.04. The van der Waals surface area contributed by atoms with Crippen LogP contribution in [0, 0.1) is 17.4 Å². The maximum atomic E-state index is 10.6. The summed E-state index contributed by atoms with van der Waals surface area (Å²) in [5, 5.41) is -0.442. The first-order valence-corrected chi connectivity index (χ1v) is 5.60. The summed E-state index contributed by atoms with van der Waals surface area (Å²) >= 11 is 7.51. The van der Waals surface area contributed by atoms with Gasteiger partial charge in [0.2, 0.25) is 5.24 Å². The largest absolute Gasteiger partial charge is 0.276 e. The molecule has 0 aliphatic rings. The molecule has 1 nitrogen and oxygen atoms in total. The van der Waals surface area contributed by atoms with Crippen molar-refractivity contribution < 1.29 is 4.79 Å². The van der Waals surface area contributed by atoms with Gasteiger partial charge in [0.05, 0.1) is 0 Å². The maximum Gasteiger partial charge on any atom is 0.245 e. The normalized spacial score (nSPS) is 10.9. The molecular weight excluding hydrogens is 310 g/mol. The number of carbonyl (C=O) groups excluding carboxylic acids is 1. The van der Waals surface area contributed by atoms with E-state index >= 15 is 0 Å². The quantitative estimate of drug-likeness (QED) is 0.461. The molecule has 1 aromatic carbocycles. The van der Waals surface area contributed by atoms with Crippen LogP contribution < -0.4 is 0 Å². The first-order chi connectivity index (χ1) is 6.50. The fourth-order valence-corrected chi connectivity index (χ4v) is 2.33. The zero-order valence-electron chi connectivity index (χ0n) is 7.97. The zero-order chi connectivity index (χ0) is 10.7. The molecule has 0 N–H and O–H groups in total. The molecule has 0 amide bonds. The molecule has 0 unspecified atom stereocenters. The van der Waals surface area contributed by atoms with Crippen LogP contribution in [0.4, 0.5) is 0 Å². The molecule has 14 heavy (non-hydrogen) atoms. The molecule has 0 spiro atoms. The van der Waals surface area contributed by atoms with Crippen LogP contribution in [0.15, 0.2) is 18.2 Å². The van der Waals surface area contributed by atoms with Crippen LogP contribution in [0.2, 0.25) is 0 Å². The van der Waals surface area contributed by atoms with Crippen molar-refractivity contribution in [2.45, 2.75) is 13.8 Å². The van der Waals surface area contributed by atoms with Crippen molar-refractivity contribution in [3.8, 4) is 0 Å². The Labute approximate surface area is 102 Å². The molecule has 0 atom stereocenters. The second kappa shape index (κ2) is 4.94. The van der Waals surface area contributed by atoms with Crippen LogP contribution in [0.3, 0.4) is 0 Å². The Kier molecular flexibility index (Phi) is 4.13. The Morgan fingerprint density at radius 1 is 1.36 bits per heavy atom.